The summed E-state index contributed by atoms with van der Waals surface area (Å²) in [6, 6.07) is 28.1. The summed E-state index contributed by atoms with van der Waals surface area (Å²) in [4.78, 5) is 25.5. The molecular formula is C52H62N4O8S2. The van der Waals surface area contributed by atoms with E-state index in [0.717, 1.165) is 72.7 Å². The van der Waals surface area contributed by atoms with Crippen LogP contribution in [0.4, 0.5) is 0 Å². The lowest BCUT2D eigenvalue weighted by atomic mass is 10.1. The van der Waals surface area contributed by atoms with Crippen LogP contribution in [0.1, 0.15) is 137 Å². The molecule has 350 valence electrons. The molecule has 0 amide bonds. The van der Waals surface area contributed by atoms with Crippen LogP contribution in [0.3, 0.4) is 0 Å². The number of thioether (sulfide) groups is 2. The Labute approximate surface area is 397 Å². The van der Waals surface area contributed by atoms with Gasteiger partial charge < -0.3 is 27.8 Å². The Morgan fingerprint density at radius 2 is 0.773 bits per heavy atom. The zero-order valence-corrected chi connectivity index (χ0v) is 39.9. The van der Waals surface area contributed by atoms with E-state index in [1.54, 1.807) is 97.1 Å². The topological polar surface area (TPSA) is 149 Å². The summed E-state index contributed by atoms with van der Waals surface area (Å²) in [5.41, 5.74) is 2.38. The van der Waals surface area contributed by atoms with Crippen molar-refractivity contribution in [2.45, 2.75) is 127 Å². The minimum Gasteiger partial charge on any atom is -0.494 e. The molecule has 66 heavy (non-hydrogen) atoms. The highest BCUT2D eigenvalue weighted by Gasteiger charge is 2.14. The van der Waals surface area contributed by atoms with Crippen molar-refractivity contribution in [1.29, 1.82) is 0 Å². The molecule has 4 aromatic carbocycles. The van der Waals surface area contributed by atoms with Crippen LogP contribution in [0, 0.1) is 0 Å². The number of carbonyl (C=O) groups excluding carboxylic acids is 2. The molecular weight excluding hydrogens is 873 g/mol. The molecule has 0 unspecified atom stereocenters. The number of aromatic nitrogens is 4. The molecule has 0 aliphatic rings. The maximum Gasteiger partial charge on any atom is 0.343 e. The van der Waals surface area contributed by atoms with Crippen LogP contribution in [-0.2, 0) is 0 Å². The van der Waals surface area contributed by atoms with Gasteiger partial charge in [0.1, 0.15) is 23.0 Å². The van der Waals surface area contributed by atoms with Crippen LogP contribution in [-0.4, -0.2) is 57.1 Å². The number of esters is 2. The van der Waals surface area contributed by atoms with Gasteiger partial charge in [-0.2, -0.15) is 0 Å². The Hall–Kier alpha value is -5.60. The van der Waals surface area contributed by atoms with Crippen molar-refractivity contribution >= 4 is 35.5 Å². The zero-order chi connectivity index (χ0) is 46.0. The van der Waals surface area contributed by atoms with Crippen LogP contribution < -0.4 is 18.9 Å². The van der Waals surface area contributed by atoms with Crippen molar-refractivity contribution in [3.63, 3.8) is 0 Å². The molecule has 0 saturated heterocycles. The number of unbranched alkanes of at least 4 members (excludes halogenated alkanes) is 13. The lowest BCUT2D eigenvalue weighted by Crippen LogP contribution is -2.08. The van der Waals surface area contributed by atoms with Gasteiger partial charge in [-0.25, -0.2) is 9.59 Å². The van der Waals surface area contributed by atoms with Gasteiger partial charge >= 0.3 is 11.9 Å². The normalized spacial score (nSPS) is 11.1. The van der Waals surface area contributed by atoms with Crippen LogP contribution in [0.25, 0.3) is 22.9 Å². The van der Waals surface area contributed by atoms with Crippen molar-refractivity contribution in [1.82, 2.24) is 20.4 Å². The molecule has 0 aliphatic heterocycles. The fourth-order valence-corrected chi connectivity index (χ4v) is 8.35. The molecule has 2 heterocycles. The lowest BCUT2D eigenvalue weighted by Gasteiger charge is -2.08. The maximum atomic E-state index is 12.7. The zero-order valence-electron chi connectivity index (χ0n) is 38.3. The van der Waals surface area contributed by atoms with Crippen LogP contribution >= 0.6 is 23.5 Å². The standard InChI is InChI=1S/C52H62N4O8S2/c1-3-5-7-9-11-15-35-59-43-27-23-41(24-28-43)49(57)61-45-31-19-39(20-32-45)47-53-55-51(63-47)65-37-17-13-14-18-38-66-52-56-54-48(64-52)40-21-33-46(34-22-40)62-50(58)42-25-29-44(30-26-42)60-36-16-12-10-8-6-4-2/h19-34H,3-18,35-38H2,1-2H3. The van der Waals surface area contributed by atoms with Gasteiger partial charge in [-0.15, -0.1) is 20.4 Å². The molecule has 0 bridgehead atoms. The smallest absolute Gasteiger partial charge is 0.343 e. The van der Waals surface area contributed by atoms with E-state index in [1.807, 2.05) is 0 Å². The van der Waals surface area contributed by atoms with Crippen molar-refractivity contribution < 1.29 is 37.4 Å². The summed E-state index contributed by atoms with van der Waals surface area (Å²) in [5.74, 6) is 4.01. The largest absolute Gasteiger partial charge is 0.494 e. The Balaban J connectivity index is 0.806. The van der Waals surface area contributed by atoms with E-state index < -0.39 is 11.9 Å². The van der Waals surface area contributed by atoms with Crippen LogP contribution in [0.2, 0.25) is 0 Å². The van der Waals surface area contributed by atoms with E-state index in [9.17, 15) is 9.59 Å². The summed E-state index contributed by atoms with van der Waals surface area (Å²) in [6.45, 7) is 5.79. The number of hydrogen-bond donors (Lipinski definition) is 0. The average molecular weight is 935 g/mol. The predicted octanol–water partition coefficient (Wildman–Crippen LogP) is 14.1. The molecule has 6 aromatic rings. The lowest BCUT2D eigenvalue weighted by molar-refractivity contribution is 0.0725. The van der Waals surface area contributed by atoms with Crippen LogP contribution in [0.15, 0.2) is 116 Å². The monoisotopic (exact) mass is 934 g/mol. The van der Waals surface area contributed by atoms with Crippen molar-refractivity contribution in [2.24, 2.45) is 0 Å². The van der Waals surface area contributed by atoms with E-state index in [-0.39, 0.29) is 0 Å². The van der Waals surface area contributed by atoms with Gasteiger partial charge in [0.05, 0.1) is 24.3 Å². The van der Waals surface area contributed by atoms with Gasteiger partial charge in [0, 0.05) is 22.6 Å². The number of nitrogens with zero attached hydrogens (tertiary/aromatic N) is 4. The third-order valence-corrected chi connectivity index (χ3v) is 12.4. The highest BCUT2D eigenvalue weighted by atomic mass is 32.2. The van der Waals surface area contributed by atoms with Crippen LogP contribution in [0.5, 0.6) is 23.0 Å². The molecule has 0 N–H and O–H groups in total. The first-order chi connectivity index (χ1) is 32.5. The Bertz CT molecular complexity index is 2140. The minimum atomic E-state index is -0.439. The molecule has 6 rings (SSSR count). The average Bonchev–Trinajstić information content (AvgIpc) is 4.03. The van der Waals surface area contributed by atoms with E-state index in [2.05, 4.69) is 34.2 Å². The summed E-state index contributed by atoms with van der Waals surface area (Å²) < 4.78 is 34.6. The Morgan fingerprint density at radius 3 is 1.17 bits per heavy atom. The van der Waals surface area contributed by atoms with E-state index in [4.69, 9.17) is 27.8 Å². The van der Waals surface area contributed by atoms with Gasteiger partial charge in [0.25, 0.3) is 10.4 Å². The summed E-state index contributed by atoms with van der Waals surface area (Å²) >= 11 is 3.08. The summed E-state index contributed by atoms with van der Waals surface area (Å²) in [5, 5.41) is 17.8. The number of rotatable bonds is 31. The van der Waals surface area contributed by atoms with Crippen molar-refractivity contribution in [3.05, 3.63) is 108 Å². The molecule has 0 fully saturated rings. The molecule has 14 heteroatoms. The molecule has 12 nitrogen and oxygen atoms in total. The van der Waals surface area contributed by atoms with Crippen molar-refractivity contribution in [3.8, 4) is 45.9 Å². The first-order valence-electron chi connectivity index (χ1n) is 23.5. The quantitative estimate of drug-likeness (QED) is 0.0176. The van der Waals surface area contributed by atoms with Gasteiger partial charge in [-0.3, -0.25) is 0 Å². The Kier molecular flexibility index (Phi) is 21.5. The first kappa shape index (κ1) is 49.8. The minimum absolute atomic E-state index is 0.410. The van der Waals surface area contributed by atoms with E-state index in [1.165, 1.54) is 87.7 Å². The maximum absolute atomic E-state index is 12.7. The second-order valence-corrected chi connectivity index (χ2v) is 18.1. The molecule has 0 radical (unpaired) electrons. The van der Waals surface area contributed by atoms with Crippen molar-refractivity contribution in [2.75, 3.05) is 24.7 Å². The molecule has 0 spiro atoms. The van der Waals surface area contributed by atoms with Gasteiger partial charge in [-0.1, -0.05) is 114 Å². The SMILES string of the molecule is CCCCCCCCOc1ccc(C(=O)Oc2ccc(-c3nnc(SCCCCCCSc4nnc(-c5ccc(OC(=O)c6ccc(OCCCCCCCC)cc6)cc5)o4)o3)cc2)cc1. The molecule has 0 atom stereocenters. The van der Waals surface area contributed by atoms with Gasteiger partial charge in [-0.05, 0) is 123 Å². The second-order valence-electron chi connectivity index (χ2n) is 16.0. The third kappa shape index (κ3) is 17.3. The molecule has 0 saturated carbocycles. The summed E-state index contributed by atoms with van der Waals surface area (Å²) in [7, 11) is 0. The predicted molar refractivity (Wildman–Crippen MR) is 260 cm³/mol. The van der Waals surface area contributed by atoms with Gasteiger partial charge in [0.15, 0.2) is 0 Å². The third-order valence-electron chi connectivity index (χ3n) is 10.6. The number of benzene rings is 4. The molecule has 0 aliphatic carbocycles. The fourth-order valence-electron chi connectivity index (χ4n) is 6.83. The number of carbonyl (C=O) groups is 2. The molecule has 2 aromatic heterocycles. The Morgan fingerprint density at radius 1 is 0.424 bits per heavy atom. The summed E-state index contributed by atoms with van der Waals surface area (Å²) in [6.07, 6.45) is 18.7. The highest BCUT2D eigenvalue weighted by molar-refractivity contribution is 7.99. The van der Waals surface area contributed by atoms with E-state index in [0.29, 0.717) is 58.1 Å². The fraction of sp³-hybridized carbons (Fsp3) is 0.423. The van der Waals surface area contributed by atoms with E-state index >= 15 is 0 Å². The second kappa shape index (κ2) is 28.4. The number of hydrogen-bond acceptors (Lipinski definition) is 14. The number of ether oxygens (including phenoxy) is 4. The van der Waals surface area contributed by atoms with Gasteiger partial charge in [0.2, 0.25) is 11.8 Å². The first-order valence-corrected chi connectivity index (χ1v) is 25.5. The highest BCUT2D eigenvalue weighted by Crippen LogP contribution is 2.28.